The van der Waals surface area contributed by atoms with E-state index in [9.17, 15) is 0 Å². The number of para-hydroxylation sites is 1. The summed E-state index contributed by atoms with van der Waals surface area (Å²) < 4.78 is 6.04. The van der Waals surface area contributed by atoms with Crippen molar-refractivity contribution >= 4 is 0 Å². The van der Waals surface area contributed by atoms with Gasteiger partial charge in [-0.05, 0) is 31.0 Å². The molecular formula is C16H21NO. The summed E-state index contributed by atoms with van der Waals surface area (Å²) in [5.74, 6) is 3.75. The predicted molar refractivity (Wildman–Crippen MR) is 74.7 cm³/mol. The van der Waals surface area contributed by atoms with Crippen LogP contribution in [0.3, 0.4) is 0 Å². The van der Waals surface area contributed by atoms with Crippen molar-refractivity contribution in [3.63, 3.8) is 0 Å². The molecule has 0 aliphatic carbocycles. The van der Waals surface area contributed by atoms with Crippen molar-refractivity contribution in [2.45, 2.75) is 44.8 Å². The number of hydrogen-bond acceptors (Lipinski definition) is 2. The average Bonchev–Trinajstić information content (AvgIpc) is 2.81. The van der Waals surface area contributed by atoms with Crippen LogP contribution >= 0.6 is 0 Å². The normalized spacial score (nSPS) is 18.8. The van der Waals surface area contributed by atoms with Crippen molar-refractivity contribution in [3.8, 4) is 18.1 Å². The molecule has 1 aromatic rings. The maximum atomic E-state index is 6.04. The Morgan fingerprint density at radius 1 is 1.50 bits per heavy atom. The Morgan fingerprint density at radius 2 is 2.33 bits per heavy atom. The molecule has 0 radical (unpaired) electrons. The first-order valence-electron chi connectivity index (χ1n) is 6.76. The monoisotopic (exact) mass is 243 g/mol. The van der Waals surface area contributed by atoms with Crippen molar-refractivity contribution < 1.29 is 4.74 Å². The molecule has 1 aliphatic heterocycles. The molecule has 1 aliphatic rings. The Hall–Kier alpha value is -1.46. The van der Waals surface area contributed by atoms with Crippen molar-refractivity contribution in [2.75, 3.05) is 6.54 Å². The third-order valence-corrected chi connectivity index (χ3v) is 3.42. The molecule has 1 heterocycles. The number of nitrogens with one attached hydrogen (secondary N) is 1. The molecule has 0 fully saturated rings. The van der Waals surface area contributed by atoms with Crippen LogP contribution in [0.5, 0.6) is 5.75 Å². The van der Waals surface area contributed by atoms with Crippen molar-refractivity contribution in [1.82, 2.24) is 5.32 Å². The van der Waals surface area contributed by atoms with E-state index >= 15 is 0 Å². The zero-order valence-electron chi connectivity index (χ0n) is 11.0. The minimum Gasteiger partial charge on any atom is -0.488 e. The summed E-state index contributed by atoms with van der Waals surface area (Å²) in [5, 5.41) is 3.52. The van der Waals surface area contributed by atoms with Crippen molar-refractivity contribution in [1.29, 1.82) is 0 Å². The van der Waals surface area contributed by atoms with Crippen LogP contribution in [0.1, 0.15) is 31.7 Å². The standard InChI is InChI=1S/C16H21NO/c1-3-5-6-10-14(17-4-2)16-12-13-9-7-8-11-15(13)18-16/h1,7-9,11,14,16-17H,4-6,10,12H2,2H3. The number of likely N-dealkylation sites (N-methyl/N-ethyl adjacent to an activating group) is 1. The Bertz CT molecular complexity index is 396. The summed E-state index contributed by atoms with van der Waals surface area (Å²) in [5.41, 5.74) is 1.32. The van der Waals surface area contributed by atoms with E-state index in [2.05, 4.69) is 36.4 Å². The fourth-order valence-electron chi connectivity index (χ4n) is 2.54. The van der Waals surface area contributed by atoms with Gasteiger partial charge in [0, 0.05) is 18.9 Å². The lowest BCUT2D eigenvalue weighted by atomic mass is 9.99. The zero-order valence-corrected chi connectivity index (χ0v) is 11.0. The number of hydrogen-bond donors (Lipinski definition) is 1. The second-order valence-corrected chi connectivity index (χ2v) is 4.73. The van der Waals surface area contributed by atoms with Gasteiger partial charge in [-0.2, -0.15) is 0 Å². The highest BCUT2D eigenvalue weighted by atomic mass is 16.5. The third-order valence-electron chi connectivity index (χ3n) is 3.42. The molecule has 0 bridgehead atoms. The van der Waals surface area contributed by atoms with Crippen molar-refractivity contribution in [2.24, 2.45) is 0 Å². The van der Waals surface area contributed by atoms with E-state index in [1.807, 2.05) is 6.07 Å². The highest BCUT2D eigenvalue weighted by Crippen LogP contribution is 2.30. The lowest BCUT2D eigenvalue weighted by Gasteiger charge is -2.23. The van der Waals surface area contributed by atoms with Crippen LogP contribution in [0.15, 0.2) is 24.3 Å². The lowest BCUT2D eigenvalue weighted by molar-refractivity contribution is 0.172. The molecule has 0 saturated carbocycles. The molecule has 2 unspecified atom stereocenters. The predicted octanol–water partition coefficient (Wildman–Crippen LogP) is 2.77. The van der Waals surface area contributed by atoms with Gasteiger partial charge in [-0.1, -0.05) is 25.1 Å². The van der Waals surface area contributed by atoms with Crippen LogP contribution in [0.2, 0.25) is 0 Å². The smallest absolute Gasteiger partial charge is 0.123 e. The van der Waals surface area contributed by atoms with Crippen LogP contribution in [0.25, 0.3) is 0 Å². The SMILES string of the molecule is C#CCCCC(NCC)C1Cc2ccccc2O1. The summed E-state index contributed by atoms with van der Waals surface area (Å²) in [7, 11) is 0. The first-order valence-corrected chi connectivity index (χ1v) is 6.76. The van der Waals surface area contributed by atoms with E-state index in [1.165, 1.54) is 5.56 Å². The molecule has 2 nitrogen and oxygen atoms in total. The third kappa shape index (κ3) is 3.05. The Kier molecular flexibility index (Phi) is 4.66. The number of benzene rings is 1. The Morgan fingerprint density at radius 3 is 3.06 bits per heavy atom. The maximum absolute atomic E-state index is 6.04. The summed E-state index contributed by atoms with van der Waals surface area (Å²) >= 11 is 0. The van der Waals surface area contributed by atoms with Gasteiger partial charge in [0.15, 0.2) is 0 Å². The Balaban J connectivity index is 1.95. The molecule has 2 atom stereocenters. The molecule has 2 rings (SSSR count). The molecule has 18 heavy (non-hydrogen) atoms. The number of unbranched alkanes of at least 4 members (excludes halogenated alkanes) is 1. The first-order chi connectivity index (χ1) is 8.85. The topological polar surface area (TPSA) is 21.3 Å². The van der Waals surface area contributed by atoms with Gasteiger partial charge in [-0.3, -0.25) is 0 Å². The fraction of sp³-hybridized carbons (Fsp3) is 0.500. The van der Waals surface area contributed by atoms with Gasteiger partial charge >= 0.3 is 0 Å². The first kappa shape index (κ1) is 13.0. The average molecular weight is 243 g/mol. The molecule has 0 spiro atoms. The molecule has 2 heteroatoms. The van der Waals surface area contributed by atoms with Crippen LogP contribution in [-0.2, 0) is 6.42 Å². The van der Waals surface area contributed by atoms with E-state index in [0.717, 1.165) is 38.0 Å². The summed E-state index contributed by atoms with van der Waals surface area (Å²) in [6, 6.07) is 8.71. The quantitative estimate of drug-likeness (QED) is 0.613. The molecule has 96 valence electrons. The highest BCUT2D eigenvalue weighted by molar-refractivity contribution is 5.37. The fourth-order valence-corrected chi connectivity index (χ4v) is 2.54. The van der Waals surface area contributed by atoms with Gasteiger partial charge in [-0.15, -0.1) is 12.3 Å². The lowest BCUT2D eigenvalue weighted by Crippen LogP contribution is -2.42. The molecule has 0 amide bonds. The number of fused-ring (bicyclic) bond motifs is 1. The van der Waals surface area contributed by atoms with Crippen LogP contribution in [0, 0.1) is 12.3 Å². The molecule has 1 N–H and O–H groups in total. The second kappa shape index (κ2) is 6.47. The number of rotatable bonds is 6. The largest absolute Gasteiger partial charge is 0.488 e. The van der Waals surface area contributed by atoms with Gasteiger partial charge in [-0.25, -0.2) is 0 Å². The molecule has 0 aromatic heterocycles. The van der Waals surface area contributed by atoms with Gasteiger partial charge in [0.25, 0.3) is 0 Å². The van der Waals surface area contributed by atoms with Crippen LogP contribution in [-0.4, -0.2) is 18.7 Å². The van der Waals surface area contributed by atoms with Gasteiger partial charge in [0.1, 0.15) is 11.9 Å². The van der Waals surface area contributed by atoms with E-state index in [0.29, 0.717) is 6.04 Å². The number of terminal acetylenes is 1. The summed E-state index contributed by atoms with van der Waals surface area (Å²) in [6.07, 6.45) is 9.55. The van der Waals surface area contributed by atoms with E-state index < -0.39 is 0 Å². The highest BCUT2D eigenvalue weighted by Gasteiger charge is 2.29. The van der Waals surface area contributed by atoms with E-state index in [1.54, 1.807) is 0 Å². The number of ether oxygens (including phenoxy) is 1. The van der Waals surface area contributed by atoms with Crippen LogP contribution in [0.4, 0.5) is 0 Å². The second-order valence-electron chi connectivity index (χ2n) is 4.73. The molecule has 0 saturated heterocycles. The van der Waals surface area contributed by atoms with E-state index in [4.69, 9.17) is 11.2 Å². The molecule has 1 aromatic carbocycles. The summed E-state index contributed by atoms with van der Waals surface area (Å²) in [4.78, 5) is 0. The summed E-state index contributed by atoms with van der Waals surface area (Å²) in [6.45, 7) is 3.10. The van der Waals surface area contributed by atoms with Crippen LogP contribution < -0.4 is 10.1 Å². The van der Waals surface area contributed by atoms with Gasteiger partial charge in [0.2, 0.25) is 0 Å². The Labute approximate surface area is 110 Å². The zero-order chi connectivity index (χ0) is 12.8. The minimum atomic E-state index is 0.250. The van der Waals surface area contributed by atoms with Gasteiger partial charge < -0.3 is 10.1 Å². The molecular weight excluding hydrogens is 222 g/mol. The van der Waals surface area contributed by atoms with E-state index in [-0.39, 0.29) is 6.10 Å². The van der Waals surface area contributed by atoms with Crippen molar-refractivity contribution in [3.05, 3.63) is 29.8 Å². The maximum Gasteiger partial charge on any atom is 0.123 e. The van der Waals surface area contributed by atoms with Gasteiger partial charge in [0.05, 0.1) is 0 Å². The minimum absolute atomic E-state index is 0.250.